The molecule has 2 heterocycles. The van der Waals surface area contributed by atoms with Crippen LogP contribution in [0, 0.1) is 6.92 Å². The summed E-state index contributed by atoms with van der Waals surface area (Å²) in [7, 11) is 0. The maximum atomic E-state index is 12.5. The van der Waals surface area contributed by atoms with Gasteiger partial charge in [-0.15, -0.1) is 0 Å². The Morgan fingerprint density at radius 1 is 0.933 bits per heavy atom. The minimum atomic E-state index is -0.569. The van der Waals surface area contributed by atoms with Crippen molar-refractivity contribution in [2.24, 2.45) is 0 Å². The van der Waals surface area contributed by atoms with Crippen molar-refractivity contribution in [2.45, 2.75) is 13.5 Å². The van der Waals surface area contributed by atoms with E-state index < -0.39 is 11.8 Å². The minimum Gasteiger partial charge on any atom is -0.486 e. The summed E-state index contributed by atoms with van der Waals surface area (Å²) in [6.07, 6.45) is 0. The highest BCUT2D eigenvalue weighted by molar-refractivity contribution is 6.00. The van der Waals surface area contributed by atoms with Crippen molar-refractivity contribution in [1.29, 1.82) is 0 Å². The summed E-state index contributed by atoms with van der Waals surface area (Å²) >= 11 is 0. The van der Waals surface area contributed by atoms with E-state index in [1.54, 1.807) is 19.1 Å². The van der Waals surface area contributed by atoms with Crippen LogP contribution in [0.5, 0.6) is 5.75 Å². The first kappa shape index (κ1) is 19.2. The molecule has 0 aliphatic carbocycles. The lowest BCUT2D eigenvalue weighted by molar-refractivity contribution is 0.0828. The van der Waals surface area contributed by atoms with E-state index >= 15 is 0 Å². The predicted octanol–water partition coefficient (Wildman–Crippen LogP) is 3.79. The molecule has 2 aromatic carbocycles. The second kappa shape index (κ2) is 8.48. The fraction of sp³-hybridized carbons (Fsp3) is 0.0870. The van der Waals surface area contributed by atoms with E-state index in [2.05, 4.69) is 15.8 Å². The Kier molecular flexibility index (Phi) is 5.43. The number of carbonyl (C=O) groups is 2. The molecule has 0 saturated carbocycles. The van der Waals surface area contributed by atoms with Gasteiger partial charge in [0.25, 0.3) is 5.91 Å². The Bertz CT molecular complexity index is 1200. The monoisotopic (exact) mass is 401 g/mol. The Balaban J connectivity index is 1.36. The van der Waals surface area contributed by atoms with Gasteiger partial charge in [0.05, 0.1) is 16.8 Å². The molecule has 2 amide bonds. The van der Waals surface area contributed by atoms with Crippen molar-refractivity contribution in [1.82, 2.24) is 15.8 Å². The van der Waals surface area contributed by atoms with Crippen LogP contribution in [0.2, 0.25) is 0 Å². The molecule has 0 aliphatic rings. The lowest BCUT2D eigenvalue weighted by Gasteiger charge is -2.09. The zero-order valence-electron chi connectivity index (χ0n) is 16.2. The molecule has 0 atom stereocenters. The maximum absolute atomic E-state index is 12.5. The van der Waals surface area contributed by atoms with Crippen molar-refractivity contribution >= 4 is 22.7 Å². The lowest BCUT2D eigenvalue weighted by Crippen LogP contribution is -2.41. The van der Waals surface area contributed by atoms with Gasteiger partial charge in [-0.2, -0.15) is 0 Å². The highest BCUT2D eigenvalue weighted by Crippen LogP contribution is 2.16. The first-order chi connectivity index (χ1) is 14.6. The standard InChI is InChI=1S/C23H19N3O4/c1-15-19(13-16-7-5-6-10-20(16)24-15)22(27)25-26-23(28)21-12-11-18(30-21)14-29-17-8-3-2-4-9-17/h2-13H,14H2,1H3,(H,25,27)(H,26,28). The van der Waals surface area contributed by atoms with Crippen molar-refractivity contribution < 1.29 is 18.7 Å². The Morgan fingerprint density at radius 2 is 1.67 bits per heavy atom. The Labute approximate surface area is 172 Å². The van der Waals surface area contributed by atoms with E-state index in [9.17, 15) is 9.59 Å². The summed E-state index contributed by atoms with van der Waals surface area (Å²) in [5, 5.41) is 0.841. The van der Waals surface area contributed by atoms with Gasteiger partial charge < -0.3 is 9.15 Å². The molecule has 2 N–H and O–H groups in total. The van der Waals surface area contributed by atoms with E-state index in [1.165, 1.54) is 6.07 Å². The molecule has 4 rings (SSSR count). The zero-order valence-corrected chi connectivity index (χ0v) is 16.2. The molecule has 30 heavy (non-hydrogen) atoms. The van der Waals surface area contributed by atoms with Gasteiger partial charge in [0.15, 0.2) is 5.76 Å². The molecule has 2 aromatic heterocycles. The van der Waals surface area contributed by atoms with Crippen LogP contribution >= 0.6 is 0 Å². The quantitative estimate of drug-likeness (QED) is 0.496. The molecule has 0 bridgehead atoms. The van der Waals surface area contributed by atoms with Crippen LogP contribution in [0.25, 0.3) is 10.9 Å². The molecule has 150 valence electrons. The van der Waals surface area contributed by atoms with E-state index in [-0.39, 0.29) is 12.4 Å². The summed E-state index contributed by atoms with van der Waals surface area (Å²) in [5.41, 5.74) is 6.51. The van der Waals surface area contributed by atoms with Gasteiger partial charge in [0.1, 0.15) is 18.1 Å². The van der Waals surface area contributed by atoms with Gasteiger partial charge in [-0.25, -0.2) is 0 Å². The number of ether oxygens (including phenoxy) is 1. The van der Waals surface area contributed by atoms with Gasteiger partial charge in [0, 0.05) is 5.39 Å². The summed E-state index contributed by atoms with van der Waals surface area (Å²) in [6.45, 7) is 1.93. The summed E-state index contributed by atoms with van der Waals surface area (Å²) in [6, 6.07) is 21.7. The number of carbonyl (C=O) groups excluding carboxylic acids is 2. The second-order valence-corrected chi connectivity index (χ2v) is 6.59. The van der Waals surface area contributed by atoms with Crippen LogP contribution in [0.15, 0.2) is 77.2 Å². The molecule has 7 heteroatoms. The van der Waals surface area contributed by atoms with Crippen LogP contribution in [-0.4, -0.2) is 16.8 Å². The number of para-hydroxylation sites is 2. The molecule has 0 unspecified atom stereocenters. The minimum absolute atomic E-state index is 0.0651. The topological polar surface area (TPSA) is 93.5 Å². The van der Waals surface area contributed by atoms with Crippen LogP contribution < -0.4 is 15.6 Å². The van der Waals surface area contributed by atoms with E-state index in [4.69, 9.17) is 9.15 Å². The largest absolute Gasteiger partial charge is 0.486 e. The number of aromatic nitrogens is 1. The maximum Gasteiger partial charge on any atom is 0.305 e. The van der Waals surface area contributed by atoms with Crippen LogP contribution in [-0.2, 0) is 6.61 Å². The van der Waals surface area contributed by atoms with Gasteiger partial charge in [-0.1, -0.05) is 36.4 Å². The Morgan fingerprint density at radius 3 is 2.50 bits per heavy atom. The number of benzene rings is 2. The van der Waals surface area contributed by atoms with E-state index in [0.29, 0.717) is 22.8 Å². The van der Waals surface area contributed by atoms with Gasteiger partial charge in [-0.05, 0) is 43.3 Å². The number of aryl methyl sites for hydroxylation is 1. The van der Waals surface area contributed by atoms with Crippen molar-refractivity contribution in [3.8, 4) is 5.75 Å². The van der Waals surface area contributed by atoms with Crippen LogP contribution in [0.1, 0.15) is 32.4 Å². The third kappa shape index (κ3) is 4.30. The summed E-state index contributed by atoms with van der Waals surface area (Å²) < 4.78 is 11.1. The van der Waals surface area contributed by atoms with Gasteiger partial charge in [-0.3, -0.25) is 25.4 Å². The number of hydrogen-bond acceptors (Lipinski definition) is 5. The number of fused-ring (bicyclic) bond motifs is 1. The average molecular weight is 401 g/mol. The number of furan rings is 1. The molecule has 0 fully saturated rings. The number of amides is 2. The van der Waals surface area contributed by atoms with Crippen molar-refractivity contribution in [3.63, 3.8) is 0 Å². The second-order valence-electron chi connectivity index (χ2n) is 6.59. The molecular weight excluding hydrogens is 382 g/mol. The Hall–Kier alpha value is -4.13. The van der Waals surface area contributed by atoms with Gasteiger partial charge >= 0.3 is 5.91 Å². The molecule has 7 nitrogen and oxygen atoms in total. The fourth-order valence-electron chi connectivity index (χ4n) is 2.93. The number of hydrazine groups is 1. The first-order valence-electron chi connectivity index (χ1n) is 9.34. The molecule has 0 saturated heterocycles. The van der Waals surface area contributed by atoms with Crippen LogP contribution in [0.4, 0.5) is 0 Å². The average Bonchev–Trinajstić information content (AvgIpc) is 3.25. The predicted molar refractivity (Wildman–Crippen MR) is 111 cm³/mol. The number of rotatable bonds is 5. The van der Waals surface area contributed by atoms with Crippen LogP contribution in [0.3, 0.4) is 0 Å². The van der Waals surface area contributed by atoms with E-state index in [0.717, 1.165) is 10.9 Å². The molecule has 0 spiro atoms. The molecular formula is C23H19N3O4. The third-order valence-corrected chi connectivity index (χ3v) is 4.46. The number of pyridine rings is 1. The normalized spacial score (nSPS) is 10.6. The third-order valence-electron chi connectivity index (χ3n) is 4.46. The number of nitrogens with zero attached hydrogens (tertiary/aromatic N) is 1. The summed E-state index contributed by atoms with van der Waals surface area (Å²) in [5.74, 6) is 0.228. The summed E-state index contributed by atoms with van der Waals surface area (Å²) in [4.78, 5) is 29.2. The highest BCUT2D eigenvalue weighted by Gasteiger charge is 2.15. The van der Waals surface area contributed by atoms with Crippen molar-refractivity contribution in [3.05, 3.63) is 95.6 Å². The molecule has 0 aliphatic heterocycles. The molecule has 4 aromatic rings. The van der Waals surface area contributed by atoms with E-state index in [1.807, 2.05) is 54.6 Å². The first-order valence-corrected chi connectivity index (χ1v) is 9.34. The zero-order chi connectivity index (χ0) is 20.9. The highest BCUT2D eigenvalue weighted by atomic mass is 16.5. The molecule has 0 radical (unpaired) electrons. The van der Waals surface area contributed by atoms with Crippen molar-refractivity contribution in [2.75, 3.05) is 0 Å². The number of nitrogens with one attached hydrogen (secondary N) is 2. The SMILES string of the molecule is Cc1nc2ccccc2cc1C(=O)NNC(=O)c1ccc(COc2ccccc2)o1. The smallest absolute Gasteiger partial charge is 0.305 e. The number of hydrogen-bond donors (Lipinski definition) is 2. The van der Waals surface area contributed by atoms with Gasteiger partial charge in [0.2, 0.25) is 0 Å². The lowest BCUT2D eigenvalue weighted by atomic mass is 10.1. The fourth-order valence-corrected chi connectivity index (χ4v) is 2.93.